The number of aromatic nitrogens is 2. The molecule has 2 aromatic heterocycles. The molecule has 4 aromatic carbocycles. The van der Waals surface area contributed by atoms with Crippen molar-refractivity contribution >= 4 is 46.4 Å². The van der Waals surface area contributed by atoms with Gasteiger partial charge in [0.05, 0.1) is 0 Å². The Hall–Kier alpha value is -2.58. The first-order valence-electron chi connectivity index (χ1n) is 12.0. The van der Waals surface area contributed by atoms with Crippen molar-refractivity contribution in [2.75, 3.05) is 0 Å². The van der Waals surface area contributed by atoms with Crippen LogP contribution in [0.3, 0.4) is 0 Å². The summed E-state index contributed by atoms with van der Waals surface area (Å²) >= 11 is 0. The Kier molecular flexibility index (Phi) is 11.9. The number of fused-ring (bicyclic) bond motifs is 2. The second kappa shape index (κ2) is 14.4. The van der Waals surface area contributed by atoms with E-state index in [2.05, 4.69) is 96.6 Å². The molecule has 0 aliphatic rings. The van der Waals surface area contributed by atoms with E-state index in [1.807, 2.05) is 36.7 Å². The van der Waals surface area contributed by atoms with Gasteiger partial charge in [0.15, 0.2) is 0 Å². The Morgan fingerprint density at radius 3 is 1.32 bits per heavy atom. The van der Waals surface area contributed by atoms with Gasteiger partial charge < -0.3 is 0 Å². The van der Waals surface area contributed by atoms with E-state index in [-0.39, 0.29) is 51.0 Å². The van der Waals surface area contributed by atoms with E-state index < -0.39 is 0 Å². The summed E-state index contributed by atoms with van der Waals surface area (Å²) in [7, 11) is 0. The van der Waals surface area contributed by atoms with Gasteiger partial charge in [-0.3, -0.25) is 9.97 Å². The predicted molar refractivity (Wildman–Crippen MR) is 159 cm³/mol. The van der Waals surface area contributed by atoms with Crippen LogP contribution in [-0.4, -0.2) is 9.97 Å². The van der Waals surface area contributed by atoms with Gasteiger partial charge in [-0.15, -0.1) is 82.8 Å². The van der Waals surface area contributed by atoms with Crippen LogP contribution < -0.4 is 0 Å². The molecule has 0 N–H and O–H groups in total. The van der Waals surface area contributed by atoms with Crippen LogP contribution in [0, 0.1) is 0 Å². The van der Waals surface area contributed by atoms with Crippen molar-refractivity contribution in [2.24, 2.45) is 0 Å². The zero-order chi connectivity index (χ0) is 23.3. The Morgan fingerprint density at radius 2 is 0.973 bits per heavy atom. The fraction of sp³-hybridized carbons (Fsp3) is 0.125. The number of pyridine rings is 2. The van der Waals surface area contributed by atoms with Crippen molar-refractivity contribution in [3.05, 3.63) is 121 Å². The molecule has 37 heavy (non-hydrogen) atoms. The van der Waals surface area contributed by atoms with Crippen molar-refractivity contribution in [3.8, 4) is 22.5 Å². The van der Waals surface area contributed by atoms with Crippen molar-refractivity contribution in [2.45, 2.75) is 26.7 Å². The summed E-state index contributed by atoms with van der Waals surface area (Å²) < 4.78 is 0. The second-order valence-corrected chi connectivity index (χ2v) is 8.39. The fourth-order valence-corrected chi connectivity index (χ4v) is 4.71. The number of halogens is 2. The Labute approximate surface area is 250 Å². The standard InChI is InChI=1S/2C16H14N.2ClH.Zr/c2*1-2-12-6-5-7-14-13(12)9-10-15(14)16-8-3-4-11-17-16;;;/h2*3-11H,2H2,1H3;2*1H;/q2*-1;;;+2. The molecule has 0 fully saturated rings. The van der Waals surface area contributed by atoms with Crippen LogP contribution in [0.25, 0.3) is 44.1 Å². The molecule has 0 radical (unpaired) electrons. The van der Waals surface area contributed by atoms with E-state index >= 15 is 0 Å². The number of benzene rings is 2. The van der Waals surface area contributed by atoms with Gasteiger partial charge in [0.1, 0.15) is 0 Å². The SMILES string of the molecule is CCc1cccc2c1cc[c-]2-c1ccccn1.CCc1cccc2c1cc[c-]2-c1ccccn1.Cl.Cl.[Zr+2]. The molecule has 0 aliphatic heterocycles. The monoisotopic (exact) mass is 602 g/mol. The zero-order valence-electron chi connectivity index (χ0n) is 21.0. The summed E-state index contributed by atoms with van der Waals surface area (Å²) in [5.74, 6) is 0. The Balaban J connectivity index is 0.000000241. The molecule has 0 aliphatic carbocycles. The van der Waals surface area contributed by atoms with Gasteiger partial charge in [-0.1, -0.05) is 96.8 Å². The number of aryl methyl sites for hydroxylation is 2. The minimum atomic E-state index is 0. The molecular weight excluding hydrogens is 574 g/mol. The molecule has 5 heteroatoms. The van der Waals surface area contributed by atoms with Gasteiger partial charge in [0, 0.05) is 23.8 Å². The molecular formula is C32H30Cl2N2Zr. The first-order valence-corrected chi connectivity index (χ1v) is 12.0. The number of hydrogen-bond donors (Lipinski definition) is 0. The third-order valence-corrected chi connectivity index (χ3v) is 6.45. The summed E-state index contributed by atoms with van der Waals surface area (Å²) in [4.78, 5) is 8.85. The molecule has 2 nitrogen and oxygen atoms in total. The van der Waals surface area contributed by atoms with E-state index in [1.165, 1.54) is 43.8 Å². The van der Waals surface area contributed by atoms with Crippen molar-refractivity contribution in [1.82, 2.24) is 9.97 Å². The normalized spacial score (nSPS) is 10.0. The minimum absolute atomic E-state index is 0. The molecule has 186 valence electrons. The third-order valence-electron chi connectivity index (χ3n) is 6.45. The minimum Gasteiger partial charge on any atom is -0.272 e. The fourth-order valence-electron chi connectivity index (χ4n) is 4.71. The summed E-state index contributed by atoms with van der Waals surface area (Å²) in [5.41, 5.74) is 7.38. The molecule has 6 rings (SSSR count). The number of rotatable bonds is 4. The molecule has 0 amide bonds. The van der Waals surface area contributed by atoms with E-state index in [0.29, 0.717) is 0 Å². The van der Waals surface area contributed by atoms with Gasteiger partial charge in [-0.2, -0.15) is 0 Å². The van der Waals surface area contributed by atoms with Gasteiger partial charge in [-0.05, 0) is 12.8 Å². The van der Waals surface area contributed by atoms with Crippen molar-refractivity contribution in [1.29, 1.82) is 0 Å². The first-order chi connectivity index (χ1) is 16.8. The van der Waals surface area contributed by atoms with Crippen molar-refractivity contribution < 1.29 is 26.2 Å². The van der Waals surface area contributed by atoms with E-state index in [4.69, 9.17) is 0 Å². The molecule has 0 bridgehead atoms. The van der Waals surface area contributed by atoms with Gasteiger partial charge >= 0.3 is 26.2 Å². The Morgan fingerprint density at radius 1 is 0.541 bits per heavy atom. The van der Waals surface area contributed by atoms with Crippen molar-refractivity contribution in [3.63, 3.8) is 0 Å². The molecule has 6 aromatic rings. The average molecular weight is 605 g/mol. The second-order valence-electron chi connectivity index (χ2n) is 8.39. The predicted octanol–water partition coefficient (Wildman–Crippen LogP) is 9.21. The van der Waals surface area contributed by atoms with Crippen LogP contribution in [-0.2, 0) is 39.0 Å². The maximum atomic E-state index is 4.43. The van der Waals surface area contributed by atoms with Gasteiger partial charge in [0.2, 0.25) is 0 Å². The number of nitrogens with zero attached hydrogens (tertiary/aromatic N) is 2. The Bertz CT molecular complexity index is 1410. The van der Waals surface area contributed by atoms with Crippen LogP contribution in [0.1, 0.15) is 25.0 Å². The summed E-state index contributed by atoms with van der Waals surface area (Å²) in [5, 5.41) is 5.33. The smallest absolute Gasteiger partial charge is 0.272 e. The molecule has 0 atom stereocenters. The molecule has 0 saturated carbocycles. The topological polar surface area (TPSA) is 25.8 Å². The third kappa shape index (κ3) is 6.47. The largest absolute Gasteiger partial charge is 2.00 e. The van der Waals surface area contributed by atoms with Crippen LogP contribution in [0.5, 0.6) is 0 Å². The molecule has 0 unspecified atom stereocenters. The van der Waals surface area contributed by atoms with Gasteiger partial charge in [0.25, 0.3) is 0 Å². The quantitative estimate of drug-likeness (QED) is 0.188. The maximum Gasteiger partial charge on any atom is 2.00 e. The first kappa shape index (κ1) is 30.6. The number of hydrogen-bond acceptors (Lipinski definition) is 2. The summed E-state index contributed by atoms with van der Waals surface area (Å²) in [6.07, 6.45) is 5.84. The maximum absolute atomic E-state index is 4.43. The van der Waals surface area contributed by atoms with Crippen LogP contribution in [0.15, 0.2) is 109 Å². The van der Waals surface area contributed by atoms with Crippen LogP contribution in [0.4, 0.5) is 0 Å². The summed E-state index contributed by atoms with van der Waals surface area (Å²) in [6, 6.07) is 33.9. The van der Waals surface area contributed by atoms with Crippen LogP contribution >= 0.6 is 24.8 Å². The van der Waals surface area contributed by atoms with E-state index in [0.717, 1.165) is 24.2 Å². The molecule has 2 heterocycles. The van der Waals surface area contributed by atoms with Gasteiger partial charge in [-0.25, -0.2) is 0 Å². The van der Waals surface area contributed by atoms with E-state index in [1.54, 1.807) is 0 Å². The van der Waals surface area contributed by atoms with Crippen LogP contribution in [0.2, 0.25) is 0 Å². The summed E-state index contributed by atoms with van der Waals surface area (Å²) in [6.45, 7) is 4.39. The average Bonchev–Trinajstić information content (AvgIpc) is 3.55. The molecule has 0 spiro atoms. The van der Waals surface area contributed by atoms with E-state index in [9.17, 15) is 0 Å². The molecule has 0 saturated heterocycles. The zero-order valence-corrected chi connectivity index (χ0v) is 25.1.